The fourth-order valence-electron chi connectivity index (χ4n) is 1.53. The largest absolute Gasteiger partial charge is 0.486 e. The van der Waals surface area contributed by atoms with E-state index in [1.807, 2.05) is 19.1 Å². The van der Waals surface area contributed by atoms with Crippen molar-refractivity contribution in [1.29, 1.82) is 0 Å². The second-order valence-corrected chi connectivity index (χ2v) is 3.20. The Morgan fingerprint density at radius 1 is 1.36 bits per heavy atom. The Labute approximate surface area is 82.5 Å². The fraction of sp³-hybridized carbons (Fsp3) is 0.400. The van der Waals surface area contributed by atoms with Gasteiger partial charge in [-0.05, 0) is 18.6 Å². The maximum absolute atomic E-state index is 5.53. The van der Waals surface area contributed by atoms with Gasteiger partial charge >= 0.3 is 0 Å². The van der Waals surface area contributed by atoms with E-state index in [1.54, 1.807) is 0 Å². The molecule has 1 aromatic rings. The highest BCUT2D eigenvalue weighted by atomic mass is 16.6. The summed E-state index contributed by atoms with van der Waals surface area (Å²) in [6.07, 6.45) is 0. The van der Waals surface area contributed by atoms with E-state index in [-0.39, 0.29) is 0 Å². The van der Waals surface area contributed by atoms with E-state index in [0.717, 1.165) is 22.6 Å². The summed E-state index contributed by atoms with van der Waals surface area (Å²) in [5.41, 5.74) is 2.06. The Bertz CT molecular complexity index is 338. The first-order chi connectivity index (χ1) is 6.83. The Morgan fingerprint density at radius 3 is 2.93 bits per heavy atom. The van der Waals surface area contributed by atoms with Crippen molar-refractivity contribution in [2.45, 2.75) is 13.5 Å². The predicted octanol–water partition coefficient (Wildman–Crippen LogP) is 1.16. The summed E-state index contributed by atoms with van der Waals surface area (Å²) in [6.45, 7) is 3.51. The van der Waals surface area contributed by atoms with Crippen LogP contribution in [0.3, 0.4) is 0 Å². The lowest BCUT2D eigenvalue weighted by Crippen LogP contribution is -2.17. The molecule has 0 aromatic heterocycles. The summed E-state index contributed by atoms with van der Waals surface area (Å²) in [5.74, 6) is 6.60. The number of aryl methyl sites for hydroxylation is 1. The molecule has 0 saturated heterocycles. The van der Waals surface area contributed by atoms with Crippen molar-refractivity contribution < 1.29 is 14.3 Å². The van der Waals surface area contributed by atoms with Crippen molar-refractivity contribution in [2.24, 2.45) is 5.90 Å². The van der Waals surface area contributed by atoms with E-state index in [1.165, 1.54) is 0 Å². The van der Waals surface area contributed by atoms with E-state index in [0.29, 0.717) is 19.8 Å². The van der Waals surface area contributed by atoms with Crippen molar-refractivity contribution in [3.63, 3.8) is 0 Å². The van der Waals surface area contributed by atoms with E-state index < -0.39 is 0 Å². The van der Waals surface area contributed by atoms with Gasteiger partial charge in [0.1, 0.15) is 13.2 Å². The SMILES string of the molecule is Cc1ccc2c(c1CON)OCCO2. The number of hydrogen-bond donors (Lipinski definition) is 1. The number of benzene rings is 1. The first kappa shape index (κ1) is 9.30. The number of nitrogens with two attached hydrogens (primary N) is 1. The molecule has 76 valence electrons. The second-order valence-electron chi connectivity index (χ2n) is 3.20. The third kappa shape index (κ3) is 1.54. The molecule has 2 N–H and O–H groups in total. The second kappa shape index (κ2) is 3.86. The van der Waals surface area contributed by atoms with Gasteiger partial charge in [-0.15, -0.1) is 0 Å². The molecule has 4 nitrogen and oxygen atoms in total. The van der Waals surface area contributed by atoms with Crippen LogP contribution < -0.4 is 15.4 Å². The number of fused-ring (bicyclic) bond motifs is 1. The summed E-state index contributed by atoms with van der Waals surface area (Å²) in [7, 11) is 0. The van der Waals surface area contributed by atoms with Gasteiger partial charge in [-0.3, -0.25) is 4.84 Å². The Balaban J connectivity index is 2.43. The van der Waals surface area contributed by atoms with E-state index in [2.05, 4.69) is 4.84 Å². The van der Waals surface area contributed by atoms with Crippen LogP contribution in [0.5, 0.6) is 11.5 Å². The van der Waals surface area contributed by atoms with Gasteiger partial charge in [0.15, 0.2) is 11.5 Å². The Kier molecular flexibility index (Phi) is 2.56. The lowest BCUT2D eigenvalue weighted by molar-refractivity contribution is 0.115. The first-order valence-corrected chi connectivity index (χ1v) is 4.52. The van der Waals surface area contributed by atoms with Crippen LogP contribution in [-0.2, 0) is 11.4 Å². The number of ether oxygens (including phenoxy) is 2. The quantitative estimate of drug-likeness (QED) is 0.719. The lowest BCUT2D eigenvalue weighted by Gasteiger charge is -2.21. The number of rotatable bonds is 2. The average Bonchev–Trinajstić information content (AvgIpc) is 2.23. The third-order valence-corrected chi connectivity index (χ3v) is 2.27. The van der Waals surface area contributed by atoms with Crippen LogP contribution in [0, 0.1) is 6.92 Å². The molecule has 14 heavy (non-hydrogen) atoms. The molecule has 0 fully saturated rings. The maximum Gasteiger partial charge on any atom is 0.167 e. The minimum atomic E-state index is 0.346. The zero-order valence-electron chi connectivity index (χ0n) is 8.08. The van der Waals surface area contributed by atoms with Crippen LogP contribution >= 0.6 is 0 Å². The van der Waals surface area contributed by atoms with Crippen molar-refractivity contribution in [3.05, 3.63) is 23.3 Å². The zero-order valence-corrected chi connectivity index (χ0v) is 8.08. The highest BCUT2D eigenvalue weighted by Gasteiger charge is 2.17. The van der Waals surface area contributed by atoms with Gasteiger partial charge in [-0.25, -0.2) is 5.90 Å². The van der Waals surface area contributed by atoms with Gasteiger partial charge in [-0.2, -0.15) is 0 Å². The highest BCUT2D eigenvalue weighted by molar-refractivity contribution is 5.50. The average molecular weight is 195 g/mol. The zero-order chi connectivity index (χ0) is 9.97. The normalized spacial score (nSPS) is 14.1. The van der Waals surface area contributed by atoms with Crippen LogP contribution in [0.15, 0.2) is 12.1 Å². The van der Waals surface area contributed by atoms with Crippen LogP contribution in [0.25, 0.3) is 0 Å². The molecule has 0 saturated carbocycles. The van der Waals surface area contributed by atoms with Crippen molar-refractivity contribution in [2.75, 3.05) is 13.2 Å². The van der Waals surface area contributed by atoms with Gasteiger partial charge in [0, 0.05) is 5.56 Å². The van der Waals surface area contributed by atoms with Crippen LogP contribution in [0.2, 0.25) is 0 Å². The van der Waals surface area contributed by atoms with Gasteiger partial charge in [-0.1, -0.05) is 6.07 Å². The predicted molar refractivity (Wildman–Crippen MR) is 51.1 cm³/mol. The highest BCUT2D eigenvalue weighted by Crippen LogP contribution is 2.35. The minimum absolute atomic E-state index is 0.346. The first-order valence-electron chi connectivity index (χ1n) is 4.52. The summed E-state index contributed by atoms with van der Waals surface area (Å²) in [6, 6.07) is 3.88. The summed E-state index contributed by atoms with van der Waals surface area (Å²) < 4.78 is 11.0. The molecular formula is C10H13NO3. The molecule has 2 rings (SSSR count). The molecular weight excluding hydrogens is 182 g/mol. The number of hydrogen-bond acceptors (Lipinski definition) is 4. The van der Waals surface area contributed by atoms with Crippen LogP contribution in [0.1, 0.15) is 11.1 Å². The Morgan fingerprint density at radius 2 is 2.14 bits per heavy atom. The molecule has 0 bridgehead atoms. The molecule has 0 unspecified atom stereocenters. The van der Waals surface area contributed by atoms with Crippen LogP contribution in [-0.4, -0.2) is 13.2 Å². The monoisotopic (exact) mass is 195 g/mol. The van der Waals surface area contributed by atoms with Gasteiger partial charge in [0.25, 0.3) is 0 Å². The molecule has 1 heterocycles. The van der Waals surface area contributed by atoms with Crippen molar-refractivity contribution >= 4 is 0 Å². The molecule has 1 aliphatic rings. The molecule has 0 amide bonds. The fourth-order valence-corrected chi connectivity index (χ4v) is 1.53. The van der Waals surface area contributed by atoms with E-state index in [9.17, 15) is 0 Å². The molecule has 1 aliphatic heterocycles. The molecule has 0 spiro atoms. The maximum atomic E-state index is 5.53. The molecule has 0 atom stereocenters. The molecule has 1 aromatic carbocycles. The summed E-state index contributed by atoms with van der Waals surface area (Å²) >= 11 is 0. The van der Waals surface area contributed by atoms with Crippen molar-refractivity contribution in [3.8, 4) is 11.5 Å². The van der Waals surface area contributed by atoms with Crippen molar-refractivity contribution in [1.82, 2.24) is 0 Å². The van der Waals surface area contributed by atoms with Gasteiger partial charge in [0.2, 0.25) is 0 Å². The summed E-state index contributed by atoms with van der Waals surface area (Å²) in [5, 5.41) is 0. The standard InChI is InChI=1S/C10H13NO3/c1-7-2-3-9-10(8(7)6-14-11)13-5-4-12-9/h2-3H,4-6,11H2,1H3. The van der Waals surface area contributed by atoms with E-state index >= 15 is 0 Å². The molecule has 0 radical (unpaired) electrons. The Hall–Kier alpha value is -1.26. The smallest absolute Gasteiger partial charge is 0.167 e. The summed E-state index contributed by atoms with van der Waals surface area (Å²) in [4.78, 5) is 4.64. The van der Waals surface area contributed by atoms with Gasteiger partial charge < -0.3 is 9.47 Å². The molecule has 4 heteroatoms. The lowest BCUT2D eigenvalue weighted by atomic mass is 10.1. The molecule has 0 aliphatic carbocycles. The van der Waals surface area contributed by atoms with Gasteiger partial charge in [0.05, 0.1) is 6.61 Å². The van der Waals surface area contributed by atoms with Crippen LogP contribution in [0.4, 0.5) is 0 Å². The third-order valence-electron chi connectivity index (χ3n) is 2.27. The van der Waals surface area contributed by atoms with E-state index in [4.69, 9.17) is 15.4 Å². The topological polar surface area (TPSA) is 53.7 Å². The minimum Gasteiger partial charge on any atom is -0.486 e.